The number of benzene rings is 2. The predicted molar refractivity (Wildman–Crippen MR) is 111 cm³/mol. The molecule has 2 aromatic carbocycles. The van der Waals surface area contributed by atoms with Gasteiger partial charge in [-0.2, -0.15) is 0 Å². The molecule has 0 spiro atoms. The first kappa shape index (κ1) is 20.8. The molecule has 1 aliphatic heterocycles. The second kappa shape index (κ2) is 7.53. The second-order valence-electron chi connectivity index (χ2n) is 8.81. The molecule has 1 heterocycles. The number of alkyl halides is 3. The minimum Gasteiger partial charge on any atom is -0.486 e. The van der Waals surface area contributed by atoms with Crippen molar-refractivity contribution in [3.05, 3.63) is 64.7 Å². The molecule has 3 aliphatic rings. The van der Waals surface area contributed by atoms with Crippen LogP contribution in [0.1, 0.15) is 50.6 Å². The molecule has 8 heteroatoms. The third-order valence-corrected chi connectivity index (χ3v) is 6.84. The number of halogens is 3. The summed E-state index contributed by atoms with van der Waals surface area (Å²) in [6, 6.07) is 12.0. The Hall–Kier alpha value is -3.03. The summed E-state index contributed by atoms with van der Waals surface area (Å²) < 4.78 is 46.6. The molecule has 2 aromatic rings. The molecule has 2 aliphatic carbocycles. The molecule has 168 valence electrons. The minimum atomic E-state index is -2.65. The van der Waals surface area contributed by atoms with Crippen LogP contribution in [0.5, 0.6) is 5.75 Å². The van der Waals surface area contributed by atoms with Crippen molar-refractivity contribution in [3.8, 4) is 5.75 Å². The minimum absolute atomic E-state index is 0.148. The number of fused-ring (bicyclic) bond motifs is 2. The molecular weight excluding hydrogens is 421 g/mol. The lowest BCUT2D eigenvalue weighted by Crippen LogP contribution is -2.31. The van der Waals surface area contributed by atoms with Crippen LogP contribution in [-0.2, 0) is 0 Å². The lowest BCUT2D eigenvalue weighted by atomic mass is 9.86. The van der Waals surface area contributed by atoms with E-state index >= 15 is 0 Å². The van der Waals surface area contributed by atoms with Gasteiger partial charge in [0.15, 0.2) is 0 Å². The number of ether oxygens (including phenoxy) is 1. The number of nitrogens with one attached hydrogen (secondary N) is 2. The Kier molecular flexibility index (Phi) is 4.91. The van der Waals surface area contributed by atoms with Gasteiger partial charge in [0.25, 0.3) is 11.8 Å². The zero-order chi connectivity index (χ0) is 22.6. The molecule has 0 saturated heterocycles. The van der Waals surface area contributed by atoms with Gasteiger partial charge in [-0.15, -0.1) is 0 Å². The van der Waals surface area contributed by atoms with Crippen LogP contribution in [0.2, 0.25) is 0 Å². The Bertz CT molecular complexity index is 1060. The lowest BCUT2D eigenvalue weighted by molar-refractivity contribution is -0.00623. The van der Waals surface area contributed by atoms with E-state index in [0.29, 0.717) is 5.56 Å². The van der Waals surface area contributed by atoms with Crippen LogP contribution in [-0.4, -0.2) is 43.6 Å². The van der Waals surface area contributed by atoms with Gasteiger partial charge in [-0.05, 0) is 29.5 Å². The average Bonchev–Trinajstić information content (AvgIpc) is 3.13. The molecule has 5 nitrogen and oxygen atoms in total. The number of rotatable bonds is 5. The smallest absolute Gasteiger partial charge is 0.254 e. The molecule has 5 atom stereocenters. The number of hydrogen-bond donors (Lipinski definition) is 2. The summed E-state index contributed by atoms with van der Waals surface area (Å²) in [4.78, 5) is 25.6. The van der Waals surface area contributed by atoms with Crippen molar-refractivity contribution >= 4 is 11.8 Å². The number of amides is 2. The first-order valence-electron chi connectivity index (χ1n) is 10.7. The average molecular weight is 444 g/mol. The third kappa shape index (κ3) is 3.42. The number of carbonyl (C=O) groups excluding carboxylic acids is 2. The topological polar surface area (TPSA) is 67.4 Å². The maximum Gasteiger partial charge on any atom is 0.254 e. The third-order valence-electron chi connectivity index (χ3n) is 6.84. The van der Waals surface area contributed by atoms with Gasteiger partial charge in [-0.25, -0.2) is 13.2 Å². The Balaban J connectivity index is 1.49. The molecule has 0 aromatic heterocycles. The van der Waals surface area contributed by atoms with Gasteiger partial charge in [0.1, 0.15) is 18.5 Å². The normalized spacial score (nSPS) is 28.9. The zero-order valence-corrected chi connectivity index (χ0v) is 17.4. The summed E-state index contributed by atoms with van der Waals surface area (Å²) >= 11 is 0. The number of hydrogen-bond acceptors (Lipinski definition) is 3. The van der Waals surface area contributed by atoms with E-state index in [9.17, 15) is 22.8 Å². The SMILES string of the molecule is CNC(=O)c1cc(C(=O)NC2C3CC(F)(F)C[C@H]32)cc2c1O[C@H](CF)[C@H]2c1ccccc1. The molecule has 2 amide bonds. The predicted octanol–water partition coefficient (Wildman–Crippen LogP) is 3.68. The number of carbonyl (C=O) groups is 2. The second-order valence-corrected chi connectivity index (χ2v) is 8.81. The molecule has 2 saturated carbocycles. The van der Waals surface area contributed by atoms with E-state index in [2.05, 4.69) is 10.6 Å². The first-order chi connectivity index (χ1) is 15.3. The van der Waals surface area contributed by atoms with Crippen LogP contribution in [0.3, 0.4) is 0 Å². The maximum atomic E-state index is 13.9. The van der Waals surface area contributed by atoms with Crippen molar-refractivity contribution in [1.82, 2.24) is 10.6 Å². The molecule has 2 N–H and O–H groups in total. The molecule has 2 fully saturated rings. The monoisotopic (exact) mass is 444 g/mol. The molecule has 32 heavy (non-hydrogen) atoms. The fourth-order valence-electron chi connectivity index (χ4n) is 5.27. The van der Waals surface area contributed by atoms with Crippen molar-refractivity contribution in [3.63, 3.8) is 0 Å². The van der Waals surface area contributed by atoms with Crippen LogP contribution in [0.15, 0.2) is 42.5 Å². The van der Waals surface area contributed by atoms with Crippen molar-refractivity contribution in [2.75, 3.05) is 13.7 Å². The standard InChI is InChI=1S/C24H23F3N2O3/c1-28-23(31)15-8-13(22(30)29-20-16-9-24(26,27)10-17(16)20)7-14-19(12-5-3-2-4-6-12)18(11-25)32-21(14)15/h2-8,16-20H,9-11H2,1H3,(H,28,31)(H,29,30)/t16-,17?,18-,19+,20?/m1/s1. The van der Waals surface area contributed by atoms with E-state index in [-0.39, 0.29) is 47.6 Å². The van der Waals surface area contributed by atoms with Gasteiger partial charge in [-0.3, -0.25) is 9.59 Å². The highest BCUT2D eigenvalue weighted by Gasteiger charge is 2.63. The Labute approximate surface area is 183 Å². The van der Waals surface area contributed by atoms with Crippen LogP contribution in [0.25, 0.3) is 0 Å². The molecule has 2 unspecified atom stereocenters. The van der Waals surface area contributed by atoms with Gasteiger partial charge in [-0.1, -0.05) is 30.3 Å². The van der Waals surface area contributed by atoms with Crippen LogP contribution in [0.4, 0.5) is 13.2 Å². The Morgan fingerprint density at radius 2 is 1.78 bits per heavy atom. The maximum absolute atomic E-state index is 13.9. The molecule has 0 bridgehead atoms. The van der Waals surface area contributed by atoms with E-state index < -0.39 is 36.4 Å². The summed E-state index contributed by atoms with van der Waals surface area (Å²) in [7, 11) is 1.46. The summed E-state index contributed by atoms with van der Waals surface area (Å²) in [5, 5.41) is 5.38. The summed E-state index contributed by atoms with van der Waals surface area (Å²) in [6.45, 7) is -0.761. The van der Waals surface area contributed by atoms with Crippen molar-refractivity contribution < 1.29 is 27.5 Å². The highest BCUT2D eigenvalue weighted by atomic mass is 19.3. The fourth-order valence-corrected chi connectivity index (χ4v) is 5.27. The van der Waals surface area contributed by atoms with Crippen molar-refractivity contribution in [2.24, 2.45) is 11.8 Å². The Morgan fingerprint density at radius 1 is 1.09 bits per heavy atom. The molecule has 5 rings (SSSR count). The van der Waals surface area contributed by atoms with E-state index in [1.807, 2.05) is 30.3 Å². The van der Waals surface area contributed by atoms with E-state index in [1.54, 1.807) is 6.07 Å². The van der Waals surface area contributed by atoms with E-state index in [4.69, 9.17) is 4.74 Å². The van der Waals surface area contributed by atoms with Gasteiger partial charge in [0.2, 0.25) is 5.92 Å². The quantitative estimate of drug-likeness (QED) is 0.740. The zero-order valence-electron chi connectivity index (χ0n) is 17.4. The van der Waals surface area contributed by atoms with Crippen LogP contribution < -0.4 is 15.4 Å². The largest absolute Gasteiger partial charge is 0.486 e. The van der Waals surface area contributed by atoms with Gasteiger partial charge >= 0.3 is 0 Å². The van der Waals surface area contributed by atoms with Gasteiger partial charge in [0.05, 0.1) is 11.5 Å². The highest BCUT2D eigenvalue weighted by Crippen LogP contribution is 2.58. The van der Waals surface area contributed by atoms with E-state index in [1.165, 1.54) is 13.1 Å². The summed E-state index contributed by atoms with van der Waals surface area (Å²) in [5.74, 6) is -4.18. The lowest BCUT2D eigenvalue weighted by Gasteiger charge is -2.17. The first-order valence-corrected chi connectivity index (χ1v) is 10.7. The fraction of sp³-hybridized carbons (Fsp3) is 0.417. The molecular formula is C24H23F3N2O3. The van der Waals surface area contributed by atoms with E-state index in [0.717, 1.165) is 5.56 Å². The van der Waals surface area contributed by atoms with Crippen molar-refractivity contribution in [1.29, 1.82) is 0 Å². The van der Waals surface area contributed by atoms with Gasteiger partial charge < -0.3 is 15.4 Å². The van der Waals surface area contributed by atoms with Crippen LogP contribution >= 0.6 is 0 Å². The van der Waals surface area contributed by atoms with Crippen molar-refractivity contribution in [2.45, 2.75) is 36.8 Å². The van der Waals surface area contributed by atoms with Crippen LogP contribution in [0, 0.1) is 11.8 Å². The summed E-state index contributed by atoms with van der Waals surface area (Å²) in [5.41, 5.74) is 1.75. The van der Waals surface area contributed by atoms with Gasteiger partial charge in [0, 0.05) is 37.1 Å². The summed E-state index contributed by atoms with van der Waals surface area (Å²) in [6.07, 6.45) is -1.24. The molecule has 0 radical (unpaired) electrons. The highest BCUT2D eigenvalue weighted by molar-refractivity contribution is 6.02. The Morgan fingerprint density at radius 3 is 2.41 bits per heavy atom.